The third-order valence-corrected chi connectivity index (χ3v) is 2.73. The smallest absolute Gasteiger partial charge is 0.207 e. The maximum Gasteiger partial charge on any atom is 0.207 e. The molecule has 1 aromatic heterocycles. The minimum atomic E-state index is 0.722. The summed E-state index contributed by atoms with van der Waals surface area (Å²) in [5.74, 6) is 0.796. The van der Waals surface area contributed by atoms with E-state index in [4.69, 9.17) is 11.6 Å². The van der Waals surface area contributed by atoms with E-state index in [0.717, 1.165) is 22.4 Å². The SMILES string of the molecule is CNc1nc(C)cn1-c1cc(C)ccc1Cl. The maximum atomic E-state index is 6.19. The van der Waals surface area contributed by atoms with E-state index in [-0.39, 0.29) is 0 Å². The zero-order valence-corrected chi connectivity index (χ0v) is 10.3. The summed E-state index contributed by atoms with van der Waals surface area (Å²) in [6, 6.07) is 5.94. The highest BCUT2D eigenvalue weighted by Crippen LogP contribution is 2.25. The maximum absolute atomic E-state index is 6.19. The van der Waals surface area contributed by atoms with Gasteiger partial charge in [0, 0.05) is 13.2 Å². The molecule has 0 radical (unpaired) electrons. The summed E-state index contributed by atoms with van der Waals surface area (Å²) in [7, 11) is 1.85. The molecule has 0 fully saturated rings. The second-order valence-electron chi connectivity index (χ2n) is 3.78. The second kappa shape index (κ2) is 4.18. The monoisotopic (exact) mass is 235 g/mol. The van der Waals surface area contributed by atoms with E-state index < -0.39 is 0 Å². The Morgan fingerprint density at radius 3 is 2.75 bits per heavy atom. The number of aromatic nitrogens is 2. The molecule has 3 nitrogen and oxygen atoms in total. The zero-order chi connectivity index (χ0) is 11.7. The van der Waals surface area contributed by atoms with Crippen molar-refractivity contribution >= 4 is 17.5 Å². The van der Waals surface area contributed by atoms with Crippen molar-refractivity contribution in [3.05, 3.63) is 40.7 Å². The Morgan fingerprint density at radius 2 is 2.06 bits per heavy atom. The minimum absolute atomic E-state index is 0.722. The molecular formula is C12H14ClN3. The number of benzene rings is 1. The molecule has 0 saturated heterocycles. The molecule has 1 heterocycles. The molecular weight excluding hydrogens is 222 g/mol. The standard InChI is InChI=1S/C12H14ClN3/c1-8-4-5-10(13)11(6-8)16-7-9(2)15-12(16)14-3/h4-7H,1-3H3,(H,14,15). The fourth-order valence-electron chi connectivity index (χ4n) is 1.67. The summed E-state index contributed by atoms with van der Waals surface area (Å²) in [6.45, 7) is 4.00. The van der Waals surface area contributed by atoms with Gasteiger partial charge in [0.05, 0.1) is 16.4 Å². The van der Waals surface area contributed by atoms with Gasteiger partial charge in [-0.05, 0) is 31.5 Å². The molecule has 16 heavy (non-hydrogen) atoms. The van der Waals surface area contributed by atoms with Crippen LogP contribution in [0, 0.1) is 13.8 Å². The normalized spacial score (nSPS) is 10.5. The molecule has 2 rings (SSSR count). The van der Waals surface area contributed by atoms with Crippen LogP contribution in [0.2, 0.25) is 5.02 Å². The summed E-state index contributed by atoms with van der Waals surface area (Å²) in [6.07, 6.45) is 1.96. The first kappa shape index (κ1) is 11.0. The van der Waals surface area contributed by atoms with Crippen molar-refractivity contribution in [1.29, 1.82) is 0 Å². The van der Waals surface area contributed by atoms with Crippen molar-refractivity contribution in [2.75, 3.05) is 12.4 Å². The van der Waals surface area contributed by atoms with Crippen LogP contribution in [-0.2, 0) is 0 Å². The molecule has 0 atom stereocenters. The lowest BCUT2D eigenvalue weighted by Gasteiger charge is -2.09. The van der Waals surface area contributed by atoms with Gasteiger partial charge in [0.15, 0.2) is 0 Å². The quantitative estimate of drug-likeness (QED) is 0.867. The van der Waals surface area contributed by atoms with E-state index in [1.54, 1.807) is 0 Å². The van der Waals surface area contributed by atoms with E-state index in [1.807, 2.05) is 49.9 Å². The molecule has 84 valence electrons. The summed E-state index contributed by atoms with van der Waals surface area (Å²) in [5, 5.41) is 3.78. The molecule has 2 aromatic rings. The minimum Gasteiger partial charge on any atom is -0.358 e. The predicted octanol–water partition coefficient (Wildman–Crippen LogP) is 3.18. The van der Waals surface area contributed by atoms with Gasteiger partial charge >= 0.3 is 0 Å². The average Bonchev–Trinajstić information content (AvgIpc) is 2.63. The van der Waals surface area contributed by atoms with Crippen LogP contribution in [0.25, 0.3) is 5.69 Å². The van der Waals surface area contributed by atoms with Gasteiger partial charge in [-0.15, -0.1) is 0 Å². The molecule has 0 spiro atoms. The van der Waals surface area contributed by atoms with Gasteiger partial charge in [-0.2, -0.15) is 0 Å². The third-order valence-electron chi connectivity index (χ3n) is 2.41. The van der Waals surface area contributed by atoms with Crippen LogP contribution in [-0.4, -0.2) is 16.6 Å². The van der Waals surface area contributed by atoms with Gasteiger partial charge < -0.3 is 5.32 Å². The Morgan fingerprint density at radius 1 is 1.31 bits per heavy atom. The number of nitrogens with zero attached hydrogens (tertiary/aromatic N) is 2. The number of rotatable bonds is 2. The molecule has 0 saturated carbocycles. The van der Waals surface area contributed by atoms with Crippen LogP contribution in [0.1, 0.15) is 11.3 Å². The lowest BCUT2D eigenvalue weighted by molar-refractivity contribution is 1.05. The van der Waals surface area contributed by atoms with Gasteiger partial charge in [0.25, 0.3) is 0 Å². The van der Waals surface area contributed by atoms with Crippen LogP contribution in [0.5, 0.6) is 0 Å². The van der Waals surface area contributed by atoms with Crippen molar-refractivity contribution in [2.24, 2.45) is 0 Å². The van der Waals surface area contributed by atoms with Gasteiger partial charge in [0.2, 0.25) is 5.95 Å². The number of aryl methyl sites for hydroxylation is 2. The average molecular weight is 236 g/mol. The van der Waals surface area contributed by atoms with E-state index in [9.17, 15) is 0 Å². The van der Waals surface area contributed by atoms with E-state index in [2.05, 4.69) is 10.3 Å². The van der Waals surface area contributed by atoms with Gasteiger partial charge in [-0.3, -0.25) is 4.57 Å². The molecule has 1 N–H and O–H groups in total. The third kappa shape index (κ3) is 1.91. The van der Waals surface area contributed by atoms with Crippen LogP contribution in [0.4, 0.5) is 5.95 Å². The fraction of sp³-hybridized carbons (Fsp3) is 0.250. The summed E-state index contributed by atoms with van der Waals surface area (Å²) in [4.78, 5) is 4.37. The van der Waals surface area contributed by atoms with Crippen molar-refractivity contribution in [3.63, 3.8) is 0 Å². The highest BCUT2D eigenvalue weighted by atomic mass is 35.5. The van der Waals surface area contributed by atoms with Crippen LogP contribution in [0.3, 0.4) is 0 Å². The van der Waals surface area contributed by atoms with Crippen molar-refractivity contribution < 1.29 is 0 Å². The predicted molar refractivity (Wildman–Crippen MR) is 67.6 cm³/mol. The van der Waals surface area contributed by atoms with Gasteiger partial charge in [-0.1, -0.05) is 17.7 Å². The first-order chi connectivity index (χ1) is 7.61. The van der Waals surface area contributed by atoms with E-state index in [0.29, 0.717) is 0 Å². The Balaban J connectivity index is 2.61. The second-order valence-corrected chi connectivity index (χ2v) is 4.19. The van der Waals surface area contributed by atoms with Crippen LogP contribution in [0.15, 0.2) is 24.4 Å². The van der Waals surface area contributed by atoms with Gasteiger partial charge in [-0.25, -0.2) is 4.98 Å². The molecule has 0 bridgehead atoms. The van der Waals surface area contributed by atoms with Crippen molar-refractivity contribution in [2.45, 2.75) is 13.8 Å². The highest BCUT2D eigenvalue weighted by molar-refractivity contribution is 6.32. The lowest BCUT2D eigenvalue weighted by Crippen LogP contribution is -2.01. The molecule has 0 aliphatic carbocycles. The Kier molecular flexibility index (Phi) is 2.88. The number of imidazole rings is 1. The topological polar surface area (TPSA) is 29.9 Å². The Bertz CT molecular complexity index is 517. The largest absolute Gasteiger partial charge is 0.358 e. The molecule has 4 heteroatoms. The summed E-state index contributed by atoms with van der Waals surface area (Å²) in [5.41, 5.74) is 3.08. The number of halogens is 1. The summed E-state index contributed by atoms with van der Waals surface area (Å²) < 4.78 is 1.96. The highest BCUT2D eigenvalue weighted by Gasteiger charge is 2.09. The number of hydrogen-bond donors (Lipinski definition) is 1. The van der Waals surface area contributed by atoms with E-state index >= 15 is 0 Å². The molecule has 0 aliphatic rings. The molecule has 0 amide bonds. The van der Waals surface area contributed by atoms with Gasteiger partial charge in [0.1, 0.15) is 0 Å². The summed E-state index contributed by atoms with van der Waals surface area (Å²) >= 11 is 6.19. The zero-order valence-electron chi connectivity index (χ0n) is 9.58. The number of anilines is 1. The number of nitrogens with one attached hydrogen (secondary N) is 1. The first-order valence-corrected chi connectivity index (χ1v) is 5.50. The first-order valence-electron chi connectivity index (χ1n) is 5.12. The number of hydrogen-bond acceptors (Lipinski definition) is 2. The van der Waals surface area contributed by atoms with Crippen LogP contribution >= 0.6 is 11.6 Å². The fourth-order valence-corrected chi connectivity index (χ4v) is 1.87. The molecule has 0 unspecified atom stereocenters. The van der Waals surface area contributed by atoms with Crippen LogP contribution < -0.4 is 5.32 Å². The molecule has 1 aromatic carbocycles. The lowest BCUT2D eigenvalue weighted by atomic mass is 10.2. The molecule has 0 aliphatic heterocycles. The van der Waals surface area contributed by atoms with Crippen molar-refractivity contribution in [3.8, 4) is 5.69 Å². The van der Waals surface area contributed by atoms with E-state index in [1.165, 1.54) is 5.56 Å². The Hall–Kier alpha value is -1.48. The Labute approximate surface area is 100 Å². The van der Waals surface area contributed by atoms with Crippen molar-refractivity contribution in [1.82, 2.24) is 9.55 Å².